The second-order valence-corrected chi connectivity index (χ2v) is 8.21. The zero-order chi connectivity index (χ0) is 23.1. The maximum Gasteiger partial charge on any atom is 0.126 e. The molecule has 4 nitrogen and oxygen atoms in total. The minimum atomic E-state index is -0.0281. The summed E-state index contributed by atoms with van der Waals surface area (Å²) in [6, 6.07) is 23.8. The Labute approximate surface area is 193 Å². The molecule has 1 atom stereocenters. The summed E-state index contributed by atoms with van der Waals surface area (Å²) in [7, 11) is 4.13. The average molecular weight is 432 g/mol. The number of anilines is 3. The monoisotopic (exact) mass is 431 g/mol. The topological polar surface area (TPSA) is 27.7 Å². The van der Waals surface area contributed by atoms with Gasteiger partial charge in [-0.2, -0.15) is 0 Å². The molecule has 1 N–H and O–H groups in total. The number of rotatable bonds is 10. The van der Waals surface area contributed by atoms with Crippen molar-refractivity contribution in [1.82, 2.24) is 0 Å². The lowest BCUT2D eigenvalue weighted by Gasteiger charge is -2.27. The molecule has 0 amide bonds. The van der Waals surface area contributed by atoms with Crippen LogP contribution >= 0.6 is 0 Å². The van der Waals surface area contributed by atoms with Gasteiger partial charge in [0, 0.05) is 55.9 Å². The first kappa shape index (κ1) is 23.5. The quantitative estimate of drug-likeness (QED) is 0.396. The zero-order valence-electron chi connectivity index (χ0n) is 20.4. The first-order valence-corrected chi connectivity index (χ1v) is 11.6. The van der Waals surface area contributed by atoms with E-state index in [-0.39, 0.29) is 6.04 Å². The first-order chi connectivity index (χ1) is 15.5. The predicted octanol–water partition coefficient (Wildman–Crippen LogP) is 6.51. The fourth-order valence-corrected chi connectivity index (χ4v) is 4.02. The van der Waals surface area contributed by atoms with Gasteiger partial charge in [-0.1, -0.05) is 36.4 Å². The van der Waals surface area contributed by atoms with Gasteiger partial charge in [-0.05, 0) is 63.1 Å². The lowest BCUT2D eigenvalue weighted by Crippen LogP contribution is -2.22. The number of hydrogen-bond donors (Lipinski definition) is 1. The van der Waals surface area contributed by atoms with Crippen LogP contribution in [0.3, 0.4) is 0 Å². The van der Waals surface area contributed by atoms with Crippen molar-refractivity contribution in [3.05, 3.63) is 83.4 Å². The maximum atomic E-state index is 6.17. The third-order valence-electron chi connectivity index (χ3n) is 5.92. The standard InChI is InChI=1S/C28H37N3O/c1-7-31(8-2)24-18-19-25(27(20-24)32-9-3)28(29-26-13-11-10-12-21(26)4)22-14-16-23(17-15-22)30(5)6/h10-20,28-29H,7-9H2,1-6H3. The molecule has 0 fully saturated rings. The highest BCUT2D eigenvalue weighted by Crippen LogP contribution is 2.37. The van der Waals surface area contributed by atoms with Crippen molar-refractivity contribution >= 4 is 17.1 Å². The van der Waals surface area contributed by atoms with Gasteiger partial charge >= 0.3 is 0 Å². The Balaban J connectivity index is 2.10. The van der Waals surface area contributed by atoms with Crippen molar-refractivity contribution in [2.75, 3.05) is 48.9 Å². The molecule has 0 aliphatic carbocycles. The predicted molar refractivity (Wildman–Crippen MR) is 139 cm³/mol. The third kappa shape index (κ3) is 5.37. The van der Waals surface area contributed by atoms with Crippen LogP contribution < -0.4 is 19.9 Å². The van der Waals surface area contributed by atoms with E-state index in [2.05, 4.69) is 117 Å². The molecular weight excluding hydrogens is 394 g/mol. The van der Waals surface area contributed by atoms with Crippen molar-refractivity contribution < 1.29 is 4.74 Å². The molecule has 0 bridgehead atoms. The van der Waals surface area contributed by atoms with Crippen LogP contribution in [0, 0.1) is 6.92 Å². The highest BCUT2D eigenvalue weighted by Gasteiger charge is 2.21. The van der Waals surface area contributed by atoms with E-state index in [4.69, 9.17) is 4.74 Å². The fourth-order valence-electron chi connectivity index (χ4n) is 4.02. The molecule has 0 radical (unpaired) electrons. The van der Waals surface area contributed by atoms with Crippen LogP contribution in [0.4, 0.5) is 17.1 Å². The van der Waals surface area contributed by atoms with E-state index < -0.39 is 0 Å². The molecule has 170 valence electrons. The van der Waals surface area contributed by atoms with Gasteiger partial charge in [-0.3, -0.25) is 0 Å². The number of nitrogens with one attached hydrogen (secondary N) is 1. The molecule has 0 saturated heterocycles. The van der Waals surface area contributed by atoms with Gasteiger partial charge in [0.1, 0.15) is 5.75 Å². The van der Waals surface area contributed by atoms with E-state index in [9.17, 15) is 0 Å². The summed E-state index contributed by atoms with van der Waals surface area (Å²) in [6.45, 7) is 11.1. The van der Waals surface area contributed by atoms with Gasteiger partial charge in [-0.15, -0.1) is 0 Å². The van der Waals surface area contributed by atoms with Gasteiger partial charge < -0.3 is 19.9 Å². The number of hydrogen-bond acceptors (Lipinski definition) is 4. The maximum absolute atomic E-state index is 6.17. The minimum Gasteiger partial charge on any atom is -0.493 e. The average Bonchev–Trinajstić information content (AvgIpc) is 2.80. The number of benzene rings is 3. The second-order valence-electron chi connectivity index (χ2n) is 8.21. The fraction of sp³-hybridized carbons (Fsp3) is 0.357. The first-order valence-electron chi connectivity index (χ1n) is 11.6. The summed E-state index contributed by atoms with van der Waals surface area (Å²) < 4.78 is 6.17. The third-order valence-corrected chi connectivity index (χ3v) is 5.92. The molecule has 0 aliphatic heterocycles. The Kier molecular flexibility index (Phi) is 8.04. The summed E-state index contributed by atoms with van der Waals surface area (Å²) >= 11 is 0. The smallest absolute Gasteiger partial charge is 0.126 e. The van der Waals surface area contributed by atoms with Crippen molar-refractivity contribution in [1.29, 1.82) is 0 Å². The number of nitrogens with zero attached hydrogens (tertiary/aromatic N) is 2. The van der Waals surface area contributed by atoms with Crippen LogP contribution in [0.15, 0.2) is 66.7 Å². The molecule has 3 aromatic carbocycles. The molecule has 0 saturated carbocycles. The van der Waals surface area contributed by atoms with Gasteiger partial charge in [0.15, 0.2) is 0 Å². The highest BCUT2D eigenvalue weighted by molar-refractivity contribution is 5.60. The Hall–Kier alpha value is -3.14. The van der Waals surface area contributed by atoms with E-state index >= 15 is 0 Å². The lowest BCUT2D eigenvalue weighted by molar-refractivity contribution is 0.336. The van der Waals surface area contributed by atoms with Crippen LogP contribution in [0.1, 0.15) is 43.5 Å². The summed E-state index contributed by atoms with van der Waals surface area (Å²) in [6.07, 6.45) is 0. The highest BCUT2D eigenvalue weighted by atomic mass is 16.5. The molecule has 3 aromatic rings. The largest absolute Gasteiger partial charge is 0.493 e. The summed E-state index contributed by atoms with van der Waals surface area (Å²) in [5, 5.41) is 3.80. The molecule has 0 heterocycles. The van der Waals surface area contributed by atoms with E-state index in [1.165, 1.54) is 22.5 Å². The number of para-hydroxylation sites is 1. The van der Waals surface area contributed by atoms with E-state index in [0.717, 1.165) is 30.1 Å². The molecule has 1 unspecified atom stereocenters. The lowest BCUT2D eigenvalue weighted by atomic mass is 9.96. The van der Waals surface area contributed by atoms with Gasteiger partial charge in [-0.25, -0.2) is 0 Å². The summed E-state index contributed by atoms with van der Waals surface area (Å²) in [5.41, 5.74) is 7.08. The molecule has 4 heteroatoms. The number of aryl methyl sites for hydroxylation is 1. The SMILES string of the molecule is CCOc1cc(N(CC)CC)ccc1C(Nc1ccccc1C)c1ccc(N(C)C)cc1. The summed E-state index contributed by atoms with van der Waals surface area (Å²) in [5.74, 6) is 0.930. The van der Waals surface area contributed by atoms with Crippen LogP contribution in [-0.4, -0.2) is 33.8 Å². The zero-order valence-corrected chi connectivity index (χ0v) is 20.4. The van der Waals surface area contributed by atoms with Crippen LogP contribution in [-0.2, 0) is 0 Å². The Morgan fingerprint density at radius 1 is 0.844 bits per heavy atom. The van der Waals surface area contributed by atoms with E-state index in [1.54, 1.807) is 0 Å². The Morgan fingerprint density at radius 2 is 1.50 bits per heavy atom. The molecular formula is C28H37N3O. The van der Waals surface area contributed by atoms with Crippen LogP contribution in [0.2, 0.25) is 0 Å². The van der Waals surface area contributed by atoms with Crippen molar-refractivity contribution in [2.24, 2.45) is 0 Å². The van der Waals surface area contributed by atoms with Gasteiger partial charge in [0.25, 0.3) is 0 Å². The van der Waals surface area contributed by atoms with Crippen molar-refractivity contribution in [3.8, 4) is 5.75 Å². The molecule has 0 aromatic heterocycles. The minimum absolute atomic E-state index is 0.0281. The Bertz CT molecular complexity index is 994. The normalized spacial score (nSPS) is 11.7. The van der Waals surface area contributed by atoms with Crippen LogP contribution in [0.5, 0.6) is 5.75 Å². The van der Waals surface area contributed by atoms with E-state index in [1.807, 2.05) is 6.92 Å². The van der Waals surface area contributed by atoms with Gasteiger partial charge in [0.05, 0.1) is 12.6 Å². The second kappa shape index (κ2) is 10.9. The molecule has 0 spiro atoms. The van der Waals surface area contributed by atoms with Crippen molar-refractivity contribution in [3.63, 3.8) is 0 Å². The van der Waals surface area contributed by atoms with Gasteiger partial charge in [0.2, 0.25) is 0 Å². The molecule has 3 rings (SSSR count). The Morgan fingerprint density at radius 3 is 2.09 bits per heavy atom. The molecule has 32 heavy (non-hydrogen) atoms. The summed E-state index contributed by atoms with van der Waals surface area (Å²) in [4.78, 5) is 4.47. The van der Waals surface area contributed by atoms with E-state index in [0.29, 0.717) is 6.61 Å². The molecule has 0 aliphatic rings. The van der Waals surface area contributed by atoms with Crippen molar-refractivity contribution in [2.45, 2.75) is 33.7 Å². The van der Waals surface area contributed by atoms with Crippen LogP contribution in [0.25, 0.3) is 0 Å². The number of ether oxygens (including phenoxy) is 1.